The molecule has 1 unspecified atom stereocenters. The van der Waals surface area contributed by atoms with Crippen molar-refractivity contribution in [2.75, 3.05) is 13.7 Å². The van der Waals surface area contributed by atoms with Crippen LogP contribution in [0.3, 0.4) is 0 Å². The predicted molar refractivity (Wildman–Crippen MR) is 84.9 cm³/mol. The second-order valence-corrected chi connectivity index (χ2v) is 5.80. The monoisotopic (exact) mass is 333 g/mol. The maximum absolute atomic E-state index is 14.1. The van der Waals surface area contributed by atoms with E-state index < -0.39 is 17.3 Å². The fourth-order valence-electron chi connectivity index (χ4n) is 2.72. The second-order valence-electron chi connectivity index (χ2n) is 5.80. The number of hydrogen-bond donors (Lipinski definition) is 1. The van der Waals surface area contributed by atoms with E-state index in [4.69, 9.17) is 9.47 Å². The van der Waals surface area contributed by atoms with Gasteiger partial charge in [0.25, 0.3) is 5.91 Å². The third kappa shape index (κ3) is 2.99. The number of benzene rings is 1. The number of rotatable bonds is 5. The lowest BCUT2D eigenvalue weighted by Crippen LogP contribution is -2.44. The van der Waals surface area contributed by atoms with Gasteiger partial charge in [0.2, 0.25) is 5.88 Å². The molecule has 0 aliphatic carbocycles. The Morgan fingerprint density at radius 2 is 2.29 bits per heavy atom. The van der Waals surface area contributed by atoms with Gasteiger partial charge in [-0.25, -0.2) is 9.07 Å². The average molecular weight is 333 g/mol. The van der Waals surface area contributed by atoms with Crippen molar-refractivity contribution in [3.63, 3.8) is 0 Å². The first-order valence-electron chi connectivity index (χ1n) is 7.82. The summed E-state index contributed by atoms with van der Waals surface area (Å²) in [4.78, 5) is 12.6. The molecule has 6 nitrogen and oxygen atoms in total. The molecule has 1 aliphatic rings. The molecule has 0 bridgehead atoms. The van der Waals surface area contributed by atoms with Gasteiger partial charge in [-0.2, -0.15) is 5.10 Å². The molecular formula is C17H20FN3O3. The number of methoxy groups -OCH3 is 1. The zero-order valence-corrected chi connectivity index (χ0v) is 13.7. The van der Waals surface area contributed by atoms with Crippen molar-refractivity contribution < 1.29 is 18.7 Å². The van der Waals surface area contributed by atoms with E-state index in [0.29, 0.717) is 18.2 Å². The summed E-state index contributed by atoms with van der Waals surface area (Å²) >= 11 is 0. The van der Waals surface area contributed by atoms with E-state index in [1.54, 1.807) is 35.9 Å². The van der Waals surface area contributed by atoms with Crippen LogP contribution in [0.4, 0.5) is 4.39 Å². The zero-order chi connectivity index (χ0) is 17.2. The number of carbonyl (C=O) groups is 1. The molecule has 0 fully saturated rings. The van der Waals surface area contributed by atoms with Crippen LogP contribution in [0.25, 0.3) is 0 Å². The number of carbonyl (C=O) groups excluding carboxylic acids is 1. The summed E-state index contributed by atoms with van der Waals surface area (Å²) < 4.78 is 26.7. The fourth-order valence-corrected chi connectivity index (χ4v) is 2.72. The number of halogens is 1. The maximum atomic E-state index is 14.1. The summed E-state index contributed by atoms with van der Waals surface area (Å²) in [6, 6.07) is 7.89. The topological polar surface area (TPSA) is 65.4 Å². The summed E-state index contributed by atoms with van der Waals surface area (Å²) in [5.74, 6) is -0.209. The minimum atomic E-state index is -1.42. The van der Waals surface area contributed by atoms with Crippen LogP contribution in [-0.2, 0) is 28.2 Å². The highest BCUT2D eigenvalue weighted by Crippen LogP contribution is 2.27. The second kappa shape index (κ2) is 6.60. The molecule has 2 heterocycles. The Hall–Kier alpha value is -2.41. The van der Waals surface area contributed by atoms with Crippen LogP contribution in [0.15, 0.2) is 30.3 Å². The molecule has 2 aromatic rings. The fraction of sp³-hybridized carbons (Fsp3) is 0.412. The van der Waals surface area contributed by atoms with E-state index in [9.17, 15) is 9.18 Å². The van der Waals surface area contributed by atoms with Crippen molar-refractivity contribution in [1.29, 1.82) is 0 Å². The number of ether oxygens (including phenoxy) is 2. The molecule has 1 N–H and O–H groups in total. The maximum Gasteiger partial charge on any atom is 0.257 e. The van der Waals surface area contributed by atoms with Gasteiger partial charge in [-0.3, -0.25) is 4.79 Å². The van der Waals surface area contributed by atoms with Gasteiger partial charge in [0, 0.05) is 31.7 Å². The van der Waals surface area contributed by atoms with Gasteiger partial charge in [-0.05, 0) is 13.0 Å². The predicted octanol–water partition coefficient (Wildman–Crippen LogP) is 1.98. The number of aromatic nitrogens is 2. The van der Waals surface area contributed by atoms with Crippen LogP contribution in [0.1, 0.15) is 24.6 Å². The van der Waals surface area contributed by atoms with E-state index in [2.05, 4.69) is 10.4 Å². The van der Waals surface area contributed by atoms with Crippen molar-refractivity contribution in [2.24, 2.45) is 0 Å². The third-order valence-corrected chi connectivity index (χ3v) is 4.22. The Morgan fingerprint density at radius 3 is 3.00 bits per heavy atom. The molecule has 3 rings (SSSR count). The summed E-state index contributed by atoms with van der Waals surface area (Å²) in [6.07, 6.45) is 0.912. The van der Waals surface area contributed by atoms with Crippen molar-refractivity contribution in [1.82, 2.24) is 15.1 Å². The quantitative estimate of drug-likeness (QED) is 0.909. The first kappa shape index (κ1) is 16.4. The first-order chi connectivity index (χ1) is 11.5. The van der Waals surface area contributed by atoms with E-state index in [1.807, 2.05) is 0 Å². The van der Waals surface area contributed by atoms with E-state index in [-0.39, 0.29) is 12.1 Å². The van der Waals surface area contributed by atoms with Crippen LogP contribution in [0.2, 0.25) is 0 Å². The molecular weight excluding hydrogens is 313 g/mol. The molecule has 24 heavy (non-hydrogen) atoms. The normalized spacial score (nSPS) is 16.0. The Balaban J connectivity index is 1.73. The highest BCUT2D eigenvalue weighted by atomic mass is 19.1. The van der Waals surface area contributed by atoms with E-state index in [1.165, 1.54) is 13.2 Å². The number of amides is 1. The van der Waals surface area contributed by atoms with E-state index in [0.717, 1.165) is 13.0 Å². The zero-order valence-electron chi connectivity index (χ0n) is 13.7. The molecule has 1 aromatic heterocycles. The molecule has 7 heteroatoms. The van der Waals surface area contributed by atoms with Gasteiger partial charge < -0.3 is 14.8 Å². The Labute approximate surface area is 139 Å². The molecule has 0 saturated carbocycles. The SMILES string of the molecule is COC(C)(C(=O)NCc1cc2n(n1)CCCO2)c1ccccc1F. The average Bonchev–Trinajstić information content (AvgIpc) is 3.02. The molecule has 0 spiro atoms. The Morgan fingerprint density at radius 1 is 1.50 bits per heavy atom. The lowest BCUT2D eigenvalue weighted by atomic mass is 9.94. The lowest BCUT2D eigenvalue weighted by molar-refractivity contribution is -0.143. The van der Waals surface area contributed by atoms with Gasteiger partial charge in [0.05, 0.1) is 18.8 Å². The van der Waals surface area contributed by atoms with Crippen LogP contribution >= 0.6 is 0 Å². The summed E-state index contributed by atoms with van der Waals surface area (Å²) in [6.45, 7) is 3.23. The Bertz CT molecular complexity index is 723. The van der Waals surface area contributed by atoms with Gasteiger partial charge in [-0.1, -0.05) is 18.2 Å². The van der Waals surface area contributed by atoms with Crippen molar-refractivity contribution in [3.8, 4) is 5.88 Å². The molecule has 1 aromatic carbocycles. The molecule has 0 saturated heterocycles. The smallest absolute Gasteiger partial charge is 0.257 e. The highest BCUT2D eigenvalue weighted by molar-refractivity contribution is 5.86. The number of nitrogens with one attached hydrogen (secondary N) is 1. The number of hydrogen-bond acceptors (Lipinski definition) is 4. The van der Waals surface area contributed by atoms with Crippen LogP contribution in [0.5, 0.6) is 5.88 Å². The molecule has 0 radical (unpaired) electrons. The number of nitrogens with zero attached hydrogens (tertiary/aromatic N) is 2. The minimum Gasteiger partial charge on any atom is -0.478 e. The van der Waals surface area contributed by atoms with Crippen LogP contribution in [-0.4, -0.2) is 29.4 Å². The largest absolute Gasteiger partial charge is 0.478 e. The molecule has 1 atom stereocenters. The molecule has 128 valence electrons. The summed E-state index contributed by atoms with van der Waals surface area (Å²) in [7, 11) is 1.38. The Kier molecular flexibility index (Phi) is 4.53. The number of aryl methyl sites for hydroxylation is 1. The van der Waals surface area contributed by atoms with Gasteiger partial charge >= 0.3 is 0 Å². The molecule has 1 aliphatic heterocycles. The van der Waals surface area contributed by atoms with Gasteiger partial charge in [0.1, 0.15) is 5.82 Å². The van der Waals surface area contributed by atoms with Gasteiger partial charge in [0.15, 0.2) is 5.60 Å². The molecule has 1 amide bonds. The van der Waals surface area contributed by atoms with Crippen molar-refractivity contribution in [2.45, 2.75) is 32.0 Å². The highest BCUT2D eigenvalue weighted by Gasteiger charge is 2.37. The third-order valence-electron chi connectivity index (χ3n) is 4.22. The summed E-state index contributed by atoms with van der Waals surface area (Å²) in [5, 5.41) is 7.15. The van der Waals surface area contributed by atoms with Crippen LogP contribution in [0, 0.1) is 5.82 Å². The van der Waals surface area contributed by atoms with Crippen molar-refractivity contribution >= 4 is 5.91 Å². The van der Waals surface area contributed by atoms with E-state index >= 15 is 0 Å². The van der Waals surface area contributed by atoms with Crippen molar-refractivity contribution in [3.05, 3.63) is 47.4 Å². The van der Waals surface area contributed by atoms with Gasteiger partial charge in [-0.15, -0.1) is 0 Å². The first-order valence-corrected chi connectivity index (χ1v) is 7.82. The standard InChI is InChI=1S/C17H20FN3O3/c1-17(23-2,13-6-3-4-7-14(13)18)16(22)19-11-12-10-15-21(20-12)8-5-9-24-15/h3-4,6-7,10H,5,8-9,11H2,1-2H3,(H,19,22). The number of fused-ring (bicyclic) bond motifs is 1. The van der Waals surface area contributed by atoms with Crippen LogP contribution < -0.4 is 10.1 Å². The minimum absolute atomic E-state index is 0.192. The lowest BCUT2D eigenvalue weighted by Gasteiger charge is -2.27. The summed E-state index contributed by atoms with van der Waals surface area (Å²) in [5.41, 5.74) is -0.536.